The van der Waals surface area contributed by atoms with Gasteiger partial charge in [0.2, 0.25) is 0 Å². The van der Waals surface area contributed by atoms with Crippen LogP contribution < -0.4 is 10.1 Å². The number of methoxy groups -OCH3 is 1. The van der Waals surface area contributed by atoms with Gasteiger partial charge in [-0.05, 0) is 38.5 Å². The number of carboxylic acid groups (broad SMARTS) is 1. The summed E-state index contributed by atoms with van der Waals surface area (Å²) in [5.74, 6) is -1.22. The number of carbonyl (C=O) groups is 2. The Morgan fingerprint density at radius 2 is 1.81 bits per heavy atom. The lowest BCUT2D eigenvalue weighted by atomic mass is 9.99. The van der Waals surface area contributed by atoms with Crippen LogP contribution in [0.3, 0.4) is 0 Å². The topological polar surface area (TPSA) is 84.9 Å². The van der Waals surface area contributed by atoms with Crippen molar-refractivity contribution < 1.29 is 24.2 Å². The average Bonchev–Trinajstić information content (AvgIpc) is 2.37. The summed E-state index contributed by atoms with van der Waals surface area (Å²) in [7, 11) is 1.54. The van der Waals surface area contributed by atoms with Crippen LogP contribution in [-0.2, 0) is 9.53 Å². The minimum absolute atomic E-state index is 0.0451. The van der Waals surface area contributed by atoms with Crippen molar-refractivity contribution in [3.63, 3.8) is 0 Å². The summed E-state index contributed by atoms with van der Waals surface area (Å²) >= 11 is 0. The fourth-order valence-corrected chi connectivity index (χ4v) is 1.68. The van der Waals surface area contributed by atoms with E-state index >= 15 is 0 Å². The van der Waals surface area contributed by atoms with Gasteiger partial charge in [-0.25, -0.2) is 4.79 Å². The Morgan fingerprint density at radius 3 is 2.24 bits per heavy atom. The molecule has 0 saturated carbocycles. The number of carboxylic acids is 1. The van der Waals surface area contributed by atoms with E-state index in [0.29, 0.717) is 11.3 Å². The van der Waals surface area contributed by atoms with Crippen LogP contribution in [-0.4, -0.2) is 36.4 Å². The molecule has 116 valence electrons. The zero-order valence-corrected chi connectivity index (χ0v) is 12.7. The van der Waals surface area contributed by atoms with E-state index in [0.717, 1.165) is 0 Å². The predicted molar refractivity (Wildman–Crippen MR) is 77.6 cm³/mol. The third-order valence-electron chi connectivity index (χ3n) is 2.67. The molecule has 0 heterocycles. The normalized spacial score (nSPS) is 12.4. The van der Waals surface area contributed by atoms with E-state index in [-0.39, 0.29) is 6.54 Å². The lowest BCUT2D eigenvalue weighted by Crippen LogP contribution is -2.36. The zero-order chi connectivity index (χ0) is 16.0. The Hall–Kier alpha value is -2.24. The molecule has 6 heteroatoms. The molecule has 1 atom stereocenters. The van der Waals surface area contributed by atoms with Gasteiger partial charge in [0.15, 0.2) is 0 Å². The van der Waals surface area contributed by atoms with Crippen LogP contribution in [0.25, 0.3) is 0 Å². The molecule has 0 radical (unpaired) electrons. The van der Waals surface area contributed by atoms with Crippen molar-refractivity contribution in [1.82, 2.24) is 5.32 Å². The molecule has 1 aromatic carbocycles. The average molecular weight is 295 g/mol. The highest BCUT2D eigenvalue weighted by molar-refractivity contribution is 5.77. The minimum atomic E-state index is -1.02. The Morgan fingerprint density at radius 1 is 1.24 bits per heavy atom. The third-order valence-corrected chi connectivity index (χ3v) is 2.67. The van der Waals surface area contributed by atoms with Gasteiger partial charge in [-0.3, -0.25) is 4.79 Å². The number of amides is 1. The van der Waals surface area contributed by atoms with E-state index in [2.05, 4.69) is 5.32 Å². The van der Waals surface area contributed by atoms with Gasteiger partial charge in [0.25, 0.3) is 0 Å². The Labute approximate surface area is 124 Å². The molecule has 1 amide bonds. The van der Waals surface area contributed by atoms with Crippen molar-refractivity contribution in [1.29, 1.82) is 0 Å². The highest BCUT2D eigenvalue weighted by Gasteiger charge is 2.22. The fourth-order valence-electron chi connectivity index (χ4n) is 1.68. The summed E-state index contributed by atoms with van der Waals surface area (Å²) in [6, 6.07) is 6.68. The molecule has 0 aliphatic heterocycles. The van der Waals surface area contributed by atoms with E-state index in [1.54, 1.807) is 45.0 Å². The lowest BCUT2D eigenvalue weighted by molar-refractivity contribution is -0.138. The summed E-state index contributed by atoms with van der Waals surface area (Å²) < 4.78 is 10.1. The van der Waals surface area contributed by atoms with E-state index in [9.17, 15) is 14.7 Å². The van der Waals surface area contributed by atoms with Crippen LogP contribution in [0.1, 0.15) is 32.3 Å². The van der Waals surface area contributed by atoms with Gasteiger partial charge in [0, 0.05) is 6.54 Å². The maximum Gasteiger partial charge on any atom is 0.407 e. The van der Waals surface area contributed by atoms with Crippen LogP contribution in [0.2, 0.25) is 0 Å². The summed E-state index contributed by atoms with van der Waals surface area (Å²) in [5, 5.41) is 11.7. The first-order chi connectivity index (χ1) is 9.73. The number of hydrogen-bond donors (Lipinski definition) is 2. The minimum Gasteiger partial charge on any atom is -0.497 e. The van der Waals surface area contributed by atoms with Gasteiger partial charge >= 0.3 is 12.1 Å². The zero-order valence-electron chi connectivity index (χ0n) is 12.7. The van der Waals surface area contributed by atoms with Crippen LogP contribution in [0.15, 0.2) is 24.3 Å². The lowest BCUT2D eigenvalue weighted by Gasteiger charge is -2.21. The molecule has 0 aliphatic carbocycles. The first kappa shape index (κ1) is 16.8. The first-order valence-electron chi connectivity index (χ1n) is 6.56. The van der Waals surface area contributed by atoms with E-state index in [4.69, 9.17) is 9.47 Å². The van der Waals surface area contributed by atoms with Gasteiger partial charge in [-0.15, -0.1) is 0 Å². The van der Waals surface area contributed by atoms with Gasteiger partial charge < -0.3 is 19.9 Å². The smallest absolute Gasteiger partial charge is 0.407 e. The molecular formula is C15H21NO5. The summed E-state index contributed by atoms with van der Waals surface area (Å²) in [5.41, 5.74) is -0.0394. The summed E-state index contributed by atoms with van der Waals surface area (Å²) in [6.07, 6.45) is -0.637. The number of ether oxygens (including phenoxy) is 2. The van der Waals surface area contributed by atoms with Gasteiger partial charge in [-0.1, -0.05) is 12.1 Å². The SMILES string of the molecule is COc1ccc([C@@H](CNC(=O)OC(C)(C)C)C(=O)O)cc1. The largest absolute Gasteiger partial charge is 0.497 e. The molecular weight excluding hydrogens is 274 g/mol. The predicted octanol–water partition coefficient (Wildman–Crippen LogP) is 2.39. The quantitative estimate of drug-likeness (QED) is 0.871. The highest BCUT2D eigenvalue weighted by atomic mass is 16.6. The van der Waals surface area contributed by atoms with Crippen LogP contribution in [0.4, 0.5) is 4.79 Å². The van der Waals surface area contributed by atoms with Crippen molar-refractivity contribution in [3.8, 4) is 5.75 Å². The second-order valence-corrected chi connectivity index (χ2v) is 5.55. The Balaban J connectivity index is 2.70. The molecule has 6 nitrogen and oxygen atoms in total. The molecule has 0 aliphatic rings. The van der Waals surface area contributed by atoms with Crippen LogP contribution >= 0.6 is 0 Å². The second kappa shape index (κ2) is 6.97. The maximum atomic E-state index is 11.6. The maximum absolute atomic E-state index is 11.6. The fraction of sp³-hybridized carbons (Fsp3) is 0.467. The van der Waals surface area contributed by atoms with E-state index in [1.807, 2.05) is 0 Å². The van der Waals surface area contributed by atoms with Gasteiger partial charge in [0.05, 0.1) is 13.0 Å². The number of hydrogen-bond acceptors (Lipinski definition) is 4. The van der Waals surface area contributed by atoms with Crippen molar-refractivity contribution in [2.75, 3.05) is 13.7 Å². The Bertz CT molecular complexity index is 490. The van der Waals surface area contributed by atoms with E-state index in [1.165, 1.54) is 7.11 Å². The number of carbonyl (C=O) groups excluding carboxylic acids is 1. The molecule has 0 spiro atoms. The van der Waals surface area contributed by atoms with Gasteiger partial charge in [-0.2, -0.15) is 0 Å². The van der Waals surface area contributed by atoms with Crippen LogP contribution in [0.5, 0.6) is 5.75 Å². The van der Waals surface area contributed by atoms with Crippen molar-refractivity contribution >= 4 is 12.1 Å². The molecule has 0 bridgehead atoms. The van der Waals surface area contributed by atoms with Crippen molar-refractivity contribution in [2.45, 2.75) is 32.3 Å². The van der Waals surface area contributed by atoms with Gasteiger partial charge in [0.1, 0.15) is 11.4 Å². The third kappa shape index (κ3) is 5.72. The molecule has 1 aromatic rings. The molecule has 0 unspecified atom stereocenters. The number of aliphatic carboxylic acids is 1. The van der Waals surface area contributed by atoms with Crippen LogP contribution in [0, 0.1) is 0 Å². The number of rotatable bonds is 5. The van der Waals surface area contributed by atoms with Crippen molar-refractivity contribution in [3.05, 3.63) is 29.8 Å². The molecule has 0 fully saturated rings. The Kier molecular flexibility index (Phi) is 5.58. The van der Waals surface area contributed by atoms with Crippen molar-refractivity contribution in [2.24, 2.45) is 0 Å². The number of benzene rings is 1. The molecule has 0 aromatic heterocycles. The highest BCUT2D eigenvalue weighted by Crippen LogP contribution is 2.19. The standard InChI is InChI=1S/C15H21NO5/c1-15(2,3)21-14(19)16-9-12(13(17)18)10-5-7-11(20-4)8-6-10/h5-8,12H,9H2,1-4H3,(H,16,19)(H,17,18)/t12-/m1/s1. The summed E-state index contributed by atoms with van der Waals surface area (Å²) in [6.45, 7) is 5.18. The molecule has 2 N–H and O–H groups in total. The molecule has 0 saturated heterocycles. The molecule has 1 rings (SSSR count). The number of alkyl carbamates (subject to hydrolysis) is 1. The summed E-state index contributed by atoms with van der Waals surface area (Å²) in [4.78, 5) is 22.9. The second-order valence-electron chi connectivity index (χ2n) is 5.55. The first-order valence-corrected chi connectivity index (χ1v) is 6.56. The number of nitrogens with one attached hydrogen (secondary N) is 1. The molecule has 21 heavy (non-hydrogen) atoms. The monoisotopic (exact) mass is 295 g/mol. The van der Waals surface area contributed by atoms with E-state index < -0.39 is 23.6 Å².